The molecular weight excluding hydrogens is 214 g/mol. The fourth-order valence-electron chi connectivity index (χ4n) is 1.74. The zero-order chi connectivity index (χ0) is 12.8. The molecule has 1 aromatic rings. The number of nitrogens with zero attached hydrogens (tertiary/aromatic N) is 1. The predicted octanol–water partition coefficient (Wildman–Crippen LogP) is 2.23. The lowest BCUT2D eigenvalue weighted by atomic mass is 10.1. The van der Waals surface area contributed by atoms with Crippen LogP contribution >= 0.6 is 0 Å². The number of hydrogen-bond acceptors (Lipinski definition) is 2. The first-order valence-electron chi connectivity index (χ1n) is 6.08. The summed E-state index contributed by atoms with van der Waals surface area (Å²) in [6.07, 6.45) is 0.403. The standard InChI is InChI=1S/C14H21NO2/c1-4-9-15(10-12(3)16)14(17)13-7-5-11(2)6-8-13/h5-8,12,16H,4,9-10H2,1-3H3. The van der Waals surface area contributed by atoms with Crippen molar-refractivity contribution in [3.8, 4) is 0 Å². The molecule has 3 nitrogen and oxygen atoms in total. The maximum atomic E-state index is 12.2. The van der Waals surface area contributed by atoms with E-state index in [4.69, 9.17) is 0 Å². The highest BCUT2D eigenvalue weighted by molar-refractivity contribution is 5.94. The topological polar surface area (TPSA) is 40.5 Å². The van der Waals surface area contributed by atoms with E-state index in [1.54, 1.807) is 11.8 Å². The monoisotopic (exact) mass is 235 g/mol. The first-order valence-corrected chi connectivity index (χ1v) is 6.08. The average molecular weight is 235 g/mol. The molecule has 0 fully saturated rings. The van der Waals surface area contributed by atoms with Crippen LogP contribution in [-0.4, -0.2) is 35.1 Å². The summed E-state index contributed by atoms with van der Waals surface area (Å²) >= 11 is 0. The van der Waals surface area contributed by atoms with Crippen molar-refractivity contribution in [3.63, 3.8) is 0 Å². The molecule has 0 aliphatic heterocycles. The highest BCUT2D eigenvalue weighted by Gasteiger charge is 2.16. The highest BCUT2D eigenvalue weighted by Crippen LogP contribution is 2.08. The molecule has 94 valence electrons. The molecule has 0 spiro atoms. The predicted molar refractivity (Wildman–Crippen MR) is 69.1 cm³/mol. The summed E-state index contributed by atoms with van der Waals surface area (Å²) in [6.45, 7) is 6.79. The first-order chi connectivity index (χ1) is 8.04. The van der Waals surface area contributed by atoms with Gasteiger partial charge in [-0.05, 0) is 32.4 Å². The lowest BCUT2D eigenvalue weighted by Crippen LogP contribution is -2.37. The Morgan fingerprint density at radius 2 is 1.94 bits per heavy atom. The largest absolute Gasteiger partial charge is 0.392 e. The van der Waals surface area contributed by atoms with Gasteiger partial charge in [-0.1, -0.05) is 24.6 Å². The van der Waals surface area contributed by atoms with Gasteiger partial charge in [0.1, 0.15) is 0 Å². The van der Waals surface area contributed by atoms with Crippen molar-refractivity contribution >= 4 is 5.91 Å². The van der Waals surface area contributed by atoms with E-state index in [1.165, 1.54) is 0 Å². The summed E-state index contributed by atoms with van der Waals surface area (Å²) in [5, 5.41) is 9.40. The van der Waals surface area contributed by atoms with E-state index >= 15 is 0 Å². The van der Waals surface area contributed by atoms with Gasteiger partial charge in [0.05, 0.1) is 6.10 Å². The molecule has 1 rings (SSSR count). The van der Waals surface area contributed by atoms with Crippen LogP contribution in [0.1, 0.15) is 36.2 Å². The smallest absolute Gasteiger partial charge is 0.253 e. The molecule has 0 aromatic heterocycles. The van der Waals surface area contributed by atoms with Crippen molar-refractivity contribution in [2.75, 3.05) is 13.1 Å². The van der Waals surface area contributed by atoms with Crippen LogP contribution in [0.3, 0.4) is 0 Å². The summed E-state index contributed by atoms with van der Waals surface area (Å²) in [4.78, 5) is 13.9. The van der Waals surface area contributed by atoms with Crippen molar-refractivity contribution < 1.29 is 9.90 Å². The van der Waals surface area contributed by atoms with E-state index in [-0.39, 0.29) is 5.91 Å². The van der Waals surface area contributed by atoms with Gasteiger partial charge in [0.15, 0.2) is 0 Å². The fourth-order valence-corrected chi connectivity index (χ4v) is 1.74. The van der Waals surface area contributed by atoms with E-state index in [1.807, 2.05) is 38.1 Å². The third-order valence-electron chi connectivity index (χ3n) is 2.56. The van der Waals surface area contributed by atoms with Gasteiger partial charge in [-0.25, -0.2) is 0 Å². The Kier molecular flexibility index (Phi) is 5.16. The summed E-state index contributed by atoms with van der Waals surface area (Å²) in [5.74, 6) is -0.00671. The minimum absolute atomic E-state index is 0.00671. The Morgan fingerprint density at radius 3 is 2.41 bits per heavy atom. The zero-order valence-electron chi connectivity index (χ0n) is 10.8. The van der Waals surface area contributed by atoms with Crippen molar-refractivity contribution in [3.05, 3.63) is 35.4 Å². The number of carbonyl (C=O) groups excluding carboxylic acids is 1. The van der Waals surface area contributed by atoms with E-state index in [2.05, 4.69) is 0 Å². The Bertz CT molecular complexity index is 357. The van der Waals surface area contributed by atoms with Crippen LogP contribution in [-0.2, 0) is 0 Å². The second kappa shape index (κ2) is 6.40. The third-order valence-corrected chi connectivity index (χ3v) is 2.56. The molecule has 0 aliphatic rings. The van der Waals surface area contributed by atoms with Gasteiger partial charge >= 0.3 is 0 Å². The summed E-state index contributed by atoms with van der Waals surface area (Å²) in [6, 6.07) is 7.53. The van der Waals surface area contributed by atoms with Gasteiger partial charge in [-0.15, -0.1) is 0 Å². The summed E-state index contributed by atoms with van der Waals surface area (Å²) in [7, 11) is 0. The van der Waals surface area contributed by atoms with Crippen molar-refractivity contribution in [1.82, 2.24) is 4.90 Å². The molecule has 1 unspecified atom stereocenters. The first kappa shape index (κ1) is 13.7. The lowest BCUT2D eigenvalue weighted by molar-refractivity contribution is 0.0648. The fraction of sp³-hybridized carbons (Fsp3) is 0.500. The van der Waals surface area contributed by atoms with Crippen LogP contribution in [0.4, 0.5) is 0 Å². The van der Waals surface area contributed by atoms with Crippen molar-refractivity contribution in [2.45, 2.75) is 33.3 Å². The number of aliphatic hydroxyl groups is 1. The molecule has 0 saturated carbocycles. The maximum absolute atomic E-state index is 12.2. The second-order valence-corrected chi connectivity index (χ2v) is 4.47. The zero-order valence-corrected chi connectivity index (χ0v) is 10.8. The molecule has 0 heterocycles. The van der Waals surface area contributed by atoms with Gasteiger partial charge in [0, 0.05) is 18.7 Å². The van der Waals surface area contributed by atoms with Crippen LogP contribution < -0.4 is 0 Å². The molecule has 1 atom stereocenters. The highest BCUT2D eigenvalue weighted by atomic mass is 16.3. The lowest BCUT2D eigenvalue weighted by Gasteiger charge is -2.23. The van der Waals surface area contributed by atoms with Crippen LogP contribution in [0.25, 0.3) is 0 Å². The van der Waals surface area contributed by atoms with E-state index in [0.717, 1.165) is 12.0 Å². The minimum atomic E-state index is -0.490. The van der Waals surface area contributed by atoms with Crippen LogP contribution in [0, 0.1) is 6.92 Å². The normalized spacial score (nSPS) is 12.2. The van der Waals surface area contributed by atoms with Gasteiger partial charge in [0.25, 0.3) is 5.91 Å². The molecule has 17 heavy (non-hydrogen) atoms. The summed E-state index contributed by atoms with van der Waals surface area (Å²) < 4.78 is 0. The van der Waals surface area contributed by atoms with Crippen molar-refractivity contribution in [2.24, 2.45) is 0 Å². The van der Waals surface area contributed by atoms with Gasteiger partial charge in [-0.2, -0.15) is 0 Å². The van der Waals surface area contributed by atoms with Crippen LogP contribution in [0.2, 0.25) is 0 Å². The Labute approximate surface area is 103 Å². The SMILES string of the molecule is CCCN(CC(C)O)C(=O)c1ccc(C)cc1. The number of rotatable bonds is 5. The van der Waals surface area contributed by atoms with Gasteiger partial charge < -0.3 is 10.0 Å². The number of amides is 1. The van der Waals surface area contributed by atoms with Gasteiger partial charge in [-0.3, -0.25) is 4.79 Å². The molecule has 1 aromatic carbocycles. The second-order valence-electron chi connectivity index (χ2n) is 4.47. The minimum Gasteiger partial charge on any atom is -0.392 e. The molecule has 3 heteroatoms. The number of hydrogen-bond donors (Lipinski definition) is 1. The summed E-state index contributed by atoms with van der Waals surface area (Å²) in [5.41, 5.74) is 1.82. The number of benzene rings is 1. The Balaban J connectivity index is 2.79. The molecule has 1 amide bonds. The Morgan fingerprint density at radius 1 is 1.35 bits per heavy atom. The number of aliphatic hydroxyl groups excluding tert-OH is 1. The molecule has 0 saturated heterocycles. The maximum Gasteiger partial charge on any atom is 0.253 e. The van der Waals surface area contributed by atoms with E-state index in [9.17, 15) is 9.90 Å². The average Bonchev–Trinajstić information content (AvgIpc) is 2.28. The molecule has 0 bridgehead atoms. The molecular formula is C14H21NO2. The number of carbonyl (C=O) groups is 1. The van der Waals surface area contributed by atoms with Crippen molar-refractivity contribution in [1.29, 1.82) is 0 Å². The third kappa shape index (κ3) is 4.19. The molecule has 0 aliphatic carbocycles. The van der Waals surface area contributed by atoms with Crippen LogP contribution in [0.5, 0.6) is 0 Å². The molecule has 0 radical (unpaired) electrons. The quantitative estimate of drug-likeness (QED) is 0.850. The molecule has 1 N–H and O–H groups in total. The number of aryl methyl sites for hydroxylation is 1. The van der Waals surface area contributed by atoms with E-state index in [0.29, 0.717) is 18.7 Å². The van der Waals surface area contributed by atoms with Crippen LogP contribution in [0.15, 0.2) is 24.3 Å². The van der Waals surface area contributed by atoms with E-state index < -0.39 is 6.10 Å². The van der Waals surface area contributed by atoms with Gasteiger partial charge in [0.2, 0.25) is 0 Å². The Hall–Kier alpha value is -1.35.